The number of carbonyl (C=O) groups excluding carboxylic acids is 1. The number of rotatable bonds is 12. The maximum absolute atomic E-state index is 12.7. The van der Waals surface area contributed by atoms with E-state index in [-0.39, 0.29) is 12.0 Å². The molecule has 1 aliphatic heterocycles. The summed E-state index contributed by atoms with van der Waals surface area (Å²) in [6.07, 6.45) is 0.692. The number of ether oxygens (including phenoxy) is 2. The Hall–Kier alpha value is -2.96. The van der Waals surface area contributed by atoms with Gasteiger partial charge in [0.25, 0.3) is 0 Å². The highest BCUT2D eigenvalue weighted by Crippen LogP contribution is 2.34. The molecule has 0 fully saturated rings. The van der Waals surface area contributed by atoms with Crippen molar-refractivity contribution in [2.24, 2.45) is 0 Å². The SMILES string of the molecule is CCOC(=O)C(CC)N(Cc1ccccc1)Cc1cccc(OCCN2CCSc3ccccc32)c1. The molecule has 6 heteroatoms. The summed E-state index contributed by atoms with van der Waals surface area (Å²) >= 11 is 1.92. The minimum atomic E-state index is -0.299. The van der Waals surface area contributed by atoms with E-state index < -0.39 is 0 Å². The zero-order valence-corrected chi connectivity index (χ0v) is 22.1. The second-order valence-electron chi connectivity index (χ2n) is 8.87. The molecular weight excluding hydrogens is 468 g/mol. The largest absolute Gasteiger partial charge is 0.492 e. The van der Waals surface area contributed by atoms with Gasteiger partial charge in [-0.2, -0.15) is 0 Å². The highest BCUT2D eigenvalue weighted by molar-refractivity contribution is 7.99. The zero-order chi connectivity index (χ0) is 25.2. The summed E-state index contributed by atoms with van der Waals surface area (Å²) in [4.78, 5) is 18.7. The molecule has 0 saturated carbocycles. The first-order valence-corrected chi connectivity index (χ1v) is 13.8. The molecule has 0 bridgehead atoms. The van der Waals surface area contributed by atoms with Gasteiger partial charge in [-0.1, -0.05) is 61.5 Å². The second-order valence-corrected chi connectivity index (χ2v) is 10.0. The van der Waals surface area contributed by atoms with Crippen LogP contribution in [-0.2, 0) is 22.6 Å². The Kier molecular flexibility index (Phi) is 9.70. The Labute approximate surface area is 219 Å². The molecule has 0 aliphatic carbocycles. The Morgan fingerprint density at radius 3 is 2.53 bits per heavy atom. The number of hydrogen-bond donors (Lipinski definition) is 0. The molecule has 1 unspecified atom stereocenters. The standard InChI is InChI=1S/C30H36N2O3S/c1-3-27(30(33)34-4-2)32(22-24-11-6-5-7-12-24)23-25-13-10-14-26(21-25)35-19-17-31-18-20-36-29-16-9-8-15-28(29)31/h5-16,21,27H,3-4,17-20,22-23H2,1-2H3. The van der Waals surface area contributed by atoms with Crippen LogP contribution >= 0.6 is 11.8 Å². The van der Waals surface area contributed by atoms with Gasteiger partial charge < -0.3 is 14.4 Å². The topological polar surface area (TPSA) is 42.0 Å². The van der Waals surface area contributed by atoms with E-state index in [0.29, 0.717) is 32.7 Å². The zero-order valence-electron chi connectivity index (χ0n) is 21.3. The van der Waals surface area contributed by atoms with E-state index in [1.807, 2.05) is 55.9 Å². The summed E-state index contributed by atoms with van der Waals surface area (Å²) in [6.45, 7) is 8.10. The first-order valence-electron chi connectivity index (χ1n) is 12.8. The molecule has 1 aliphatic rings. The van der Waals surface area contributed by atoms with Gasteiger partial charge in [0, 0.05) is 30.3 Å². The van der Waals surface area contributed by atoms with Crippen LogP contribution in [0.3, 0.4) is 0 Å². The predicted molar refractivity (Wildman–Crippen MR) is 148 cm³/mol. The van der Waals surface area contributed by atoms with Crippen LogP contribution in [0.5, 0.6) is 5.75 Å². The van der Waals surface area contributed by atoms with E-state index in [9.17, 15) is 4.79 Å². The van der Waals surface area contributed by atoms with Gasteiger partial charge >= 0.3 is 5.97 Å². The first kappa shape index (κ1) is 26.1. The fourth-order valence-electron chi connectivity index (χ4n) is 4.61. The molecule has 0 amide bonds. The highest BCUT2D eigenvalue weighted by Gasteiger charge is 2.26. The maximum Gasteiger partial charge on any atom is 0.323 e. The van der Waals surface area contributed by atoms with Crippen LogP contribution in [0, 0.1) is 0 Å². The van der Waals surface area contributed by atoms with Gasteiger partial charge in [-0.05, 0) is 48.7 Å². The maximum atomic E-state index is 12.7. The predicted octanol–water partition coefficient (Wildman–Crippen LogP) is 6.02. The van der Waals surface area contributed by atoms with E-state index in [0.717, 1.165) is 30.2 Å². The van der Waals surface area contributed by atoms with Gasteiger partial charge in [-0.3, -0.25) is 9.69 Å². The lowest BCUT2D eigenvalue weighted by molar-refractivity contribution is -0.150. The molecule has 190 valence electrons. The van der Waals surface area contributed by atoms with Gasteiger partial charge in [0.05, 0.1) is 18.8 Å². The molecule has 3 aromatic carbocycles. The number of anilines is 1. The Balaban J connectivity index is 1.41. The quantitative estimate of drug-likeness (QED) is 0.281. The van der Waals surface area contributed by atoms with E-state index in [1.54, 1.807) is 0 Å². The number of nitrogens with zero attached hydrogens (tertiary/aromatic N) is 2. The third kappa shape index (κ3) is 7.05. The van der Waals surface area contributed by atoms with Gasteiger partial charge in [0.2, 0.25) is 0 Å². The summed E-state index contributed by atoms with van der Waals surface area (Å²) < 4.78 is 11.6. The van der Waals surface area contributed by atoms with Crippen molar-refractivity contribution >= 4 is 23.4 Å². The van der Waals surface area contributed by atoms with Crippen LogP contribution < -0.4 is 9.64 Å². The van der Waals surface area contributed by atoms with Crippen LogP contribution in [0.15, 0.2) is 83.8 Å². The van der Waals surface area contributed by atoms with Crippen molar-refractivity contribution in [3.05, 3.63) is 90.0 Å². The van der Waals surface area contributed by atoms with Crippen LogP contribution in [-0.4, -0.2) is 49.0 Å². The van der Waals surface area contributed by atoms with Crippen LogP contribution in [0.25, 0.3) is 0 Å². The number of esters is 1. The molecule has 4 rings (SSSR count). The van der Waals surface area contributed by atoms with E-state index >= 15 is 0 Å². The molecule has 1 atom stereocenters. The molecule has 0 aromatic heterocycles. The third-order valence-electron chi connectivity index (χ3n) is 6.35. The second kappa shape index (κ2) is 13.4. The molecule has 0 N–H and O–H groups in total. The lowest BCUT2D eigenvalue weighted by Gasteiger charge is -2.31. The fraction of sp³-hybridized carbons (Fsp3) is 0.367. The third-order valence-corrected chi connectivity index (χ3v) is 7.40. The molecule has 0 radical (unpaired) electrons. The highest BCUT2D eigenvalue weighted by atomic mass is 32.2. The monoisotopic (exact) mass is 504 g/mol. The lowest BCUT2D eigenvalue weighted by atomic mass is 10.1. The summed E-state index contributed by atoms with van der Waals surface area (Å²) in [5.41, 5.74) is 3.59. The molecule has 1 heterocycles. The Morgan fingerprint density at radius 1 is 0.972 bits per heavy atom. The summed E-state index contributed by atoms with van der Waals surface area (Å²) in [7, 11) is 0. The van der Waals surface area contributed by atoms with Crippen molar-refractivity contribution in [2.45, 2.75) is 44.3 Å². The van der Waals surface area contributed by atoms with Crippen LogP contribution in [0.1, 0.15) is 31.4 Å². The Bertz CT molecular complexity index is 1110. The molecule has 3 aromatic rings. The van der Waals surface area contributed by atoms with Gasteiger partial charge in [-0.25, -0.2) is 0 Å². The van der Waals surface area contributed by atoms with E-state index in [1.165, 1.54) is 16.1 Å². The summed E-state index contributed by atoms with van der Waals surface area (Å²) in [5.74, 6) is 1.79. The van der Waals surface area contributed by atoms with Gasteiger partial charge in [0.15, 0.2) is 0 Å². The molecule has 5 nitrogen and oxygen atoms in total. The number of para-hydroxylation sites is 1. The average molecular weight is 505 g/mol. The number of fused-ring (bicyclic) bond motifs is 1. The molecule has 0 spiro atoms. The number of carbonyl (C=O) groups is 1. The van der Waals surface area contributed by atoms with E-state index in [4.69, 9.17) is 9.47 Å². The van der Waals surface area contributed by atoms with Gasteiger partial charge in [-0.15, -0.1) is 11.8 Å². The minimum absolute atomic E-state index is 0.164. The fourth-order valence-corrected chi connectivity index (χ4v) is 5.66. The molecular formula is C30H36N2O3S. The van der Waals surface area contributed by atoms with Crippen molar-refractivity contribution in [1.82, 2.24) is 4.90 Å². The van der Waals surface area contributed by atoms with E-state index in [2.05, 4.69) is 58.3 Å². The molecule has 36 heavy (non-hydrogen) atoms. The average Bonchev–Trinajstić information content (AvgIpc) is 2.90. The van der Waals surface area contributed by atoms with Crippen molar-refractivity contribution in [3.8, 4) is 5.75 Å². The Morgan fingerprint density at radius 2 is 1.72 bits per heavy atom. The smallest absolute Gasteiger partial charge is 0.323 e. The first-order chi connectivity index (χ1) is 17.7. The molecule has 0 saturated heterocycles. The number of thioether (sulfide) groups is 1. The van der Waals surface area contributed by atoms with Crippen molar-refractivity contribution in [2.75, 3.05) is 37.0 Å². The van der Waals surface area contributed by atoms with Crippen LogP contribution in [0.4, 0.5) is 5.69 Å². The van der Waals surface area contributed by atoms with Crippen LogP contribution in [0.2, 0.25) is 0 Å². The van der Waals surface area contributed by atoms with Crippen molar-refractivity contribution < 1.29 is 14.3 Å². The van der Waals surface area contributed by atoms with Gasteiger partial charge in [0.1, 0.15) is 18.4 Å². The van der Waals surface area contributed by atoms with Crippen molar-refractivity contribution in [3.63, 3.8) is 0 Å². The lowest BCUT2D eigenvalue weighted by Crippen LogP contribution is -2.41. The van der Waals surface area contributed by atoms with Crippen molar-refractivity contribution in [1.29, 1.82) is 0 Å². The number of benzene rings is 3. The number of hydrogen-bond acceptors (Lipinski definition) is 6. The minimum Gasteiger partial charge on any atom is -0.492 e. The normalized spacial score (nSPS) is 13.8. The summed E-state index contributed by atoms with van der Waals surface area (Å²) in [6, 6.07) is 26.8. The summed E-state index contributed by atoms with van der Waals surface area (Å²) in [5, 5.41) is 0.